The smallest absolute Gasteiger partial charge is 0.200 e. The van der Waals surface area contributed by atoms with Gasteiger partial charge in [-0.15, -0.1) is 0 Å². The summed E-state index contributed by atoms with van der Waals surface area (Å²) in [4.78, 5) is 26.3. The van der Waals surface area contributed by atoms with Gasteiger partial charge in [0.05, 0.1) is 11.1 Å². The molecule has 0 unspecified atom stereocenters. The van der Waals surface area contributed by atoms with Gasteiger partial charge in [-0.3, -0.25) is 9.59 Å². The van der Waals surface area contributed by atoms with Gasteiger partial charge in [-0.25, -0.2) is 0 Å². The summed E-state index contributed by atoms with van der Waals surface area (Å²) in [6.45, 7) is 4.89. The van der Waals surface area contributed by atoms with Gasteiger partial charge in [-0.05, 0) is 61.9 Å². The Morgan fingerprint density at radius 2 is 1.75 bits per heavy atom. The second kappa shape index (κ2) is 7.75. The van der Waals surface area contributed by atoms with Gasteiger partial charge in [0.2, 0.25) is 5.43 Å². The van der Waals surface area contributed by atoms with Crippen LogP contribution in [0.5, 0.6) is 0 Å². The molecule has 0 spiro atoms. The molecule has 2 aromatic carbocycles. The number of ketones is 1. The number of carbonyl (C=O) groups excluding carboxylic acids is 1. The van der Waals surface area contributed by atoms with Gasteiger partial charge in [-0.2, -0.15) is 0 Å². The number of nitrogens with zero attached hydrogens (tertiary/aromatic N) is 1. The minimum atomic E-state index is -0.184. The highest BCUT2D eigenvalue weighted by Crippen LogP contribution is 2.26. The first kappa shape index (κ1) is 18.7. The maximum Gasteiger partial charge on any atom is 0.200 e. The summed E-state index contributed by atoms with van der Waals surface area (Å²) in [5.41, 5.74) is 3.82. The van der Waals surface area contributed by atoms with Gasteiger partial charge in [0, 0.05) is 23.7 Å². The molecule has 0 radical (unpaired) electrons. The van der Waals surface area contributed by atoms with Crippen molar-refractivity contribution in [3.05, 3.63) is 81.1 Å². The predicted molar refractivity (Wildman–Crippen MR) is 114 cm³/mol. The molecular formula is C25H27NO2. The lowest BCUT2D eigenvalue weighted by molar-refractivity contribution is 0.103. The number of hydrogen-bond donors (Lipinski definition) is 0. The van der Waals surface area contributed by atoms with E-state index in [0.29, 0.717) is 16.9 Å². The number of hydrogen-bond acceptors (Lipinski definition) is 2. The van der Waals surface area contributed by atoms with Crippen molar-refractivity contribution in [3.63, 3.8) is 0 Å². The molecule has 3 nitrogen and oxygen atoms in total. The second-order valence-corrected chi connectivity index (χ2v) is 8.17. The zero-order valence-electron chi connectivity index (χ0n) is 16.7. The molecular weight excluding hydrogens is 346 g/mol. The topological polar surface area (TPSA) is 39.1 Å². The highest BCUT2D eigenvalue weighted by molar-refractivity contribution is 6.10. The Kier molecular flexibility index (Phi) is 5.17. The molecule has 1 saturated carbocycles. The molecule has 0 N–H and O–H groups in total. The van der Waals surface area contributed by atoms with Gasteiger partial charge < -0.3 is 4.57 Å². The zero-order chi connectivity index (χ0) is 19.7. The summed E-state index contributed by atoms with van der Waals surface area (Å²) in [5.74, 6) is 0.431. The van der Waals surface area contributed by atoms with E-state index in [1.807, 2.05) is 56.3 Å². The molecule has 1 fully saturated rings. The molecule has 1 heterocycles. The van der Waals surface area contributed by atoms with Crippen LogP contribution in [0.1, 0.15) is 59.2 Å². The van der Waals surface area contributed by atoms with Crippen molar-refractivity contribution >= 4 is 16.7 Å². The fourth-order valence-electron chi connectivity index (χ4n) is 4.34. The Morgan fingerprint density at radius 1 is 1.00 bits per heavy atom. The van der Waals surface area contributed by atoms with Crippen LogP contribution in [0, 0.1) is 19.8 Å². The van der Waals surface area contributed by atoms with Gasteiger partial charge in [-0.1, -0.05) is 43.5 Å². The molecule has 0 bridgehead atoms. The highest BCUT2D eigenvalue weighted by atomic mass is 16.1. The van der Waals surface area contributed by atoms with Gasteiger partial charge in [0.1, 0.15) is 0 Å². The van der Waals surface area contributed by atoms with E-state index in [1.54, 1.807) is 6.20 Å². The number of pyridine rings is 1. The van der Waals surface area contributed by atoms with E-state index in [4.69, 9.17) is 0 Å². The lowest BCUT2D eigenvalue weighted by Crippen LogP contribution is -2.22. The highest BCUT2D eigenvalue weighted by Gasteiger charge is 2.20. The van der Waals surface area contributed by atoms with Crippen molar-refractivity contribution in [3.8, 4) is 0 Å². The van der Waals surface area contributed by atoms with Crippen LogP contribution >= 0.6 is 0 Å². The summed E-state index contributed by atoms with van der Waals surface area (Å²) in [5, 5.41) is 0.632. The van der Waals surface area contributed by atoms with E-state index in [1.165, 1.54) is 32.1 Å². The number of carbonyl (C=O) groups is 1. The van der Waals surface area contributed by atoms with Crippen LogP contribution in [-0.2, 0) is 6.54 Å². The largest absolute Gasteiger partial charge is 0.346 e. The Morgan fingerprint density at radius 3 is 2.50 bits per heavy atom. The first-order valence-corrected chi connectivity index (χ1v) is 10.3. The predicted octanol–water partition coefficient (Wildman–Crippen LogP) is 5.43. The molecule has 3 heteroatoms. The van der Waals surface area contributed by atoms with E-state index in [-0.39, 0.29) is 16.8 Å². The van der Waals surface area contributed by atoms with E-state index < -0.39 is 0 Å². The van der Waals surface area contributed by atoms with Crippen LogP contribution in [0.25, 0.3) is 10.9 Å². The van der Waals surface area contributed by atoms with Crippen LogP contribution in [0.2, 0.25) is 0 Å². The summed E-state index contributed by atoms with van der Waals surface area (Å²) in [6.07, 6.45) is 8.12. The molecule has 4 rings (SSSR count). The maximum absolute atomic E-state index is 13.2. The molecule has 144 valence electrons. The molecule has 0 atom stereocenters. The van der Waals surface area contributed by atoms with Crippen molar-refractivity contribution in [1.82, 2.24) is 4.57 Å². The van der Waals surface area contributed by atoms with Crippen molar-refractivity contribution in [2.45, 2.75) is 52.5 Å². The second-order valence-electron chi connectivity index (χ2n) is 8.17. The standard InChI is InChI=1S/C25H27NO2/c1-17-12-13-20(14-18(17)2)24(27)22-16-26(15-19-8-4-3-5-9-19)23-11-7-6-10-21(23)25(22)28/h6-7,10-14,16,19H,3-5,8-9,15H2,1-2H3. The third kappa shape index (κ3) is 3.54. The summed E-state index contributed by atoms with van der Waals surface area (Å²) in [7, 11) is 0. The monoisotopic (exact) mass is 373 g/mol. The van der Waals surface area contributed by atoms with Gasteiger partial charge in [0.25, 0.3) is 0 Å². The number of para-hydroxylation sites is 1. The normalized spacial score (nSPS) is 15.1. The Labute approximate surface area is 166 Å². The average molecular weight is 373 g/mol. The number of aromatic nitrogens is 1. The molecule has 0 amide bonds. The van der Waals surface area contributed by atoms with Crippen LogP contribution in [-0.4, -0.2) is 10.4 Å². The summed E-state index contributed by atoms with van der Waals surface area (Å²) < 4.78 is 2.14. The number of benzene rings is 2. The zero-order valence-corrected chi connectivity index (χ0v) is 16.7. The SMILES string of the molecule is Cc1ccc(C(=O)c2cn(CC3CCCCC3)c3ccccc3c2=O)cc1C. The van der Waals surface area contributed by atoms with E-state index in [2.05, 4.69) is 4.57 Å². The van der Waals surface area contributed by atoms with E-state index in [9.17, 15) is 9.59 Å². The molecule has 28 heavy (non-hydrogen) atoms. The summed E-state index contributed by atoms with van der Waals surface area (Å²) >= 11 is 0. The van der Waals surface area contributed by atoms with Gasteiger partial charge in [0.15, 0.2) is 5.78 Å². The minimum Gasteiger partial charge on any atom is -0.346 e. The molecule has 0 aliphatic heterocycles. The van der Waals surface area contributed by atoms with Crippen molar-refractivity contribution < 1.29 is 4.79 Å². The third-order valence-corrected chi connectivity index (χ3v) is 6.18. The number of aryl methyl sites for hydroxylation is 2. The summed E-state index contributed by atoms with van der Waals surface area (Å²) in [6, 6.07) is 13.3. The fourth-order valence-corrected chi connectivity index (χ4v) is 4.34. The lowest BCUT2D eigenvalue weighted by atomic mass is 9.89. The molecule has 0 saturated heterocycles. The Hall–Kier alpha value is -2.68. The van der Waals surface area contributed by atoms with Crippen LogP contribution in [0.3, 0.4) is 0 Å². The first-order valence-electron chi connectivity index (χ1n) is 10.3. The Balaban J connectivity index is 1.81. The lowest BCUT2D eigenvalue weighted by Gasteiger charge is -2.24. The average Bonchev–Trinajstić information content (AvgIpc) is 2.72. The number of rotatable bonds is 4. The molecule has 3 aromatic rings. The van der Waals surface area contributed by atoms with Crippen molar-refractivity contribution in [2.24, 2.45) is 5.92 Å². The minimum absolute atomic E-state index is 0.168. The first-order chi connectivity index (χ1) is 13.5. The third-order valence-electron chi connectivity index (χ3n) is 6.18. The molecule has 1 aromatic heterocycles. The van der Waals surface area contributed by atoms with Crippen LogP contribution in [0.4, 0.5) is 0 Å². The quantitative estimate of drug-likeness (QED) is 0.572. The van der Waals surface area contributed by atoms with Crippen LogP contribution in [0.15, 0.2) is 53.5 Å². The van der Waals surface area contributed by atoms with E-state index in [0.717, 1.165) is 23.2 Å². The fraction of sp³-hybridized carbons (Fsp3) is 0.360. The van der Waals surface area contributed by atoms with E-state index >= 15 is 0 Å². The number of fused-ring (bicyclic) bond motifs is 1. The Bertz CT molecular complexity index is 1090. The molecule has 1 aliphatic rings. The van der Waals surface area contributed by atoms with Crippen molar-refractivity contribution in [1.29, 1.82) is 0 Å². The maximum atomic E-state index is 13.2. The van der Waals surface area contributed by atoms with Crippen molar-refractivity contribution in [2.75, 3.05) is 0 Å². The van der Waals surface area contributed by atoms with Gasteiger partial charge >= 0.3 is 0 Å². The molecule has 1 aliphatic carbocycles. The van der Waals surface area contributed by atoms with Crippen LogP contribution < -0.4 is 5.43 Å².